The fourth-order valence-corrected chi connectivity index (χ4v) is 2.65. The van der Waals surface area contributed by atoms with Crippen LogP contribution in [-0.4, -0.2) is 35.8 Å². The third-order valence-corrected chi connectivity index (χ3v) is 3.75. The molecule has 126 valence electrons. The van der Waals surface area contributed by atoms with E-state index in [4.69, 9.17) is 9.47 Å². The highest BCUT2D eigenvalue weighted by atomic mass is 16.5. The standard InChI is InChI=1S/C16H18N4O4/c1-9-6-14-18-15(21)8-11(20(14)19-9)16(22)17-10-4-5-12(23-2)13(7-10)24-3/h4-7,11H,8H2,1-3H3,(H,17,22)(H,18,21)/t11-/m1/s1. The van der Waals surface area contributed by atoms with Crippen molar-refractivity contribution in [1.82, 2.24) is 9.78 Å². The molecule has 0 bridgehead atoms. The summed E-state index contributed by atoms with van der Waals surface area (Å²) in [5.41, 5.74) is 1.28. The molecule has 0 fully saturated rings. The monoisotopic (exact) mass is 330 g/mol. The number of amides is 2. The number of nitrogens with one attached hydrogen (secondary N) is 2. The number of methoxy groups -OCH3 is 2. The van der Waals surface area contributed by atoms with E-state index in [0.29, 0.717) is 23.0 Å². The number of anilines is 2. The summed E-state index contributed by atoms with van der Waals surface area (Å²) >= 11 is 0. The summed E-state index contributed by atoms with van der Waals surface area (Å²) in [4.78, 5) is 24.4. The molecule has 1 atom stereocenters. The van der Waals surface area contributed by atoms with Gasteiger partial charge in [0.25, 0.3) is 0 Å². The molecule has 1 aliphatic rings. The van der Waals surface area contributed by atoms with E-state index in [1.54, 1.807) is 38.3 Å². The Kier molecular flexibility index (Phi) is 4.11. The third-order valence-electron chi connectivity index (χ3n) is 3.75. The van der Waals surface area contributed by atoms with E-state index in [1.807, 2.05) is 0 Å². The Balaban J connectivity index is 1.84. The van der Waals surface area contributed by atoms with E-state index in [2.05, 4.69) is 15.7 Å². The summed E-state index contributed by atoms with van der Waals surface area (Å²) in [6.45, 7) is 1.81. The van der Waals surface area contributed by atoms with Gasteiger partial charge >= 0.3 is 0 Å². The van der Waals surface area contributed by atoms with E-state index in [-0.39, 0.29) is 18.2 Å². The normalized spacial score (nSPS) is 16.1. The Bertz CT molecular complexity index is 799. The molecule has 2 amide bonds. The van der Waals surface area contributed by atoms with Crippen LogP contribution in [0.15, 0.2) is 24.3 Å². The molecule has 0 radical (unpaired) electrons. The van der Waals surface area contributed by atoms with Gasteiger partial charge in [0.15, 0.2) is 11.5 Å². The maximum atomic E-state index is 12.6. The number of nitrogens with zero attached hydrogens (tertiary/aromatic N) is 2. The van der Waals surface area contributed by atoms with Crippen molar-refractivity contribution in [2.75, 3.05) is 24.9 Å². The van der Waals surface area contributed by atoms with Gasteiger partial charge in [0.2, 0.25) is 11.8 Å². The lowest BCUT2D eigenvalue weighted by atomic mass is 10.1. The van der Waals surface area contributed by atoms with Crippen LogP contribution in [0.2, 0.25) is 0 Å². The van der Waals surface area contributed by atoms with Crippen molar-refractivity contribution in [1.29, 1.82) is 0 Å². The highest BCUT2D eigenvalue weighted by molar-refractivity contribution is 6.01. The SMILES string of the molecule is COc1ccc(NC(=O)[C@H]2CC(=O)Nc3cc(C)nn32)cc1OC. The van der Waals surface area contributed by atoms with Crippen molar-refractivity contribution in [3.63, 3.8) is 0 Å². The van der Waals surface area contributed by atoms with Crippen LogP contribution in [0.5, 0.6) is 11.5 Å². The van der Waals surface area contributed by atoms with Gasteiger partial charge in [0, 0.05) is 17.8 Å². The molecule has 1 aliphatic heterocycles. The van der Waals surface area contributed by atoms with Gasteiger partial charge in [-0.05, 0) is 19.1 Å². The van der Waals surface area contributed by atoms with E-state index in [0.717, 1.165) is 5.69 Å². The zero-order valence-electron chi connectivity index (χ0n) is 13.6. The molecular weight excluding hydrogens is 312 g/mol. The largest absolute Gasteiger partial charge is 0.493 e. The Hall–Kier alpha value is -3.03. The van der Waals surface area contributed by atoms with E-state index < -0.39 is 6.04 Å². The second-order valence-electron chi connectivity index (χ2n) is 5.44. The average Bonchev–Trinajstić information content (AvgIpc) is 2.93. The van der Waals surface area contributed by atoms with Crippen molar-refractivity contribution < 1.29 is 19.1 Å². The highest BCUT2D eigenvalue weighted by Crippen LogP contribution is 2.31. The molecule has 0 saturated carbocycles. The number of benzene rings is 1. The lowest BCUT2D eigenvalue weighted by Gasteiger charge is -2.23. The van der Waals surface area contributed by atoms with Crippen LogP contribution in [0, 0.1) is 6.92 Å². The second kappa shape index (κ2) is 6.23. The first-order chi connectivity index (χ1) is 11.5. The van der Waals surface area contributed by atoms with E-state index in [9.17, 15) is 9.59 Å². The van der Waals surface area contributed by atoms with E-state index in [1.165, 1.54) is 11.8 Å². The van der Waals surface area contributed by atoms with Crippen molar-refractivity contribution >= 4 is 23.3 Å². The Morgan fingerprint density at radius 1 is 1.29 bits per heavy atom. The van der Waals surface area contributed by atoms with Crippen LogP contribution < -0.4 is 20.1 Å². The number of carbonyl (C=O) groups excluding carboxylic acids is 2. The number of ether oxygens (including phenoxy) is 2. The van der Waals surface area contributed by atoms with Crippen molar-refractivity contribution in [3.05, 3.63) is 30.0 Å². The Labute approximate surface area is 138 Å². The molecule has 0 saturated heterocycles. The first-order valence-electron chi connectivity index (χ1n) is 7.40. The minimum absolute atomic E-state index is 0.0350. The first-order valence-corrected chi connectivity index (χ1v) is 7.40. The van der Waals surface area contributed by atoms with Crippen molar-refractivity contribution in [2.45, 2.75) is 19.4 Å². The molecular formula is C16H18N4O4. The lowest BCUT2D eigenvalue weighted by Crippen LogP contribution is -2.35. The molecule has 1 aromatic carbocycles. The average molecular weight is 330 g/mol. The molecule has 0 unspecified atom stereocenters. The van der Waals surface area contributed by atoms with Gasteiger partial charge in [-0.3, -0.25) is 9.59 Å². The number of fused-ring (bicyclic) bond motifs is 1. The summed E-state index contributed by atoms with van der Waals surface area (Å²) in [6.07, 6.45) is 0.0350. The first kappa shape index (κ1) is 15.9. The second-order valence-corrected chi connectivity index (χ2v) is 5.44. The van der Waals surface area contributed by atoms with Gasteiger partial charge in [-0.25, -0.2) is 4.68 Å². The maximum absolute atomic E-state index is 12.6. The molecule has 24 heavy (non-hydrogen) atoms. The Morgan fingerprint density at radius 3 is 2.75 bits per heavy atom. The smallest absolute Gasteiger partial charge is 0.249 e. The topological polar surface area (TPSA) is 94.5 Å². The molecule has 8 nitrogen and oxygen atoms in total. The number of hydrogen-bond donors (Lipinski definition) is 2. The van der Waals surface area contributed by atoms with Crippen LogP contribution in [-0.2, 0) is 9.59 Å². The lowest BCUT2D eigenvalue weighted by molar-refractivity contribution is -0.125. The summed E-state index contributed by atoms with van der Waals surface area (Å²) in [7, 11) is 3.06. The van der Waals surface area contributed by atoms with Crippen molar-refractivity contribution in [3.8, 4) is 11.5 Å². The molecule has 3 rings (SSSR count). The molecule has 2 aromatic rings. The summed E-state index contributed by atoms with van der Waals surface area (Å²) in [6, 6.07) is 6.10. The minimum atomic E-state index is -0.699. The quantitative estimate of drug-likeness (QED) is 0.890. The summed E-state index contributed by atoms with van der Waals surface area (Å²) in [5.74, 6) is 1.07. The molecule has 2 N–H and O–H groups in total. The predicted octanol–water partition coefficient (Wildman–Crippen LogP) is 1.73. The van der Waals surface area contributed by atoms with Crippen molar-refractivity contribution in [2.24, 2.45) is 0 Å². The van der Waals surface area contributed by atoms with Crippen LogP contribution in [0.3, 0.4) is 0 Å². The van der Waals surface area contributed by atoms with Gasteiger partial charge in [-0.1, -0.05) is 0 Å². The number of rotatable bonds is 4. The molecule has 2 heterocycles. The van der Waals surface area contributed by atoms with Gasteiger partial charge in [-0.2, -0.15) is 5.10 Å². The van der Waals surface area contributed by atoms with Crippen LogP contribution in [0.25, 0.3) is 0 Å². The van der Waals surface area contributed by atoms with E-state index >= 15 is 0 Å². The summed E-state index contributed by atoms with van der Waals surface area (Å²) in [5, 5.41) is 9.79. The number of aromatic nitrogens is 2. The third kappa shape index (κ3) is 2.90. The Morgan fingerprint density at radius 2 is 2.04 bits per heavy atom. The highest BCUT2D eigenvalue weighted by Gasteiger charge is 2.31. The molecule has 0 spiro atoms. The van der Waals surface area contributed by atoms with Gasteiger partial charge in [-0.15, -0.1) is 0 Å². The number of carbonyl (C=O) groups is 2. The zero-order chi connectivity index (χ0) is 17.3. The summed E-state index contributed by atoms with van der Waals surface area (Å²) < 4.78 is 11.9. The zero-order valence-corrected chi connectivity index (χ0v) is 13.6. The van der Waals surface area contributed by atoms with Crippen LogP contribution in [0.4, 0.5) is 11.5 Å². The molecule has 8 heteroatoms. The fraction of sp³-hybridized carbons (Fsp3) is 0.312. The number of aryl methyl sites for hydroxylation is 1. The van der Waals surface area contributed by atoms with Crippen LogP contribution >= 0.6 is 0 Å². The maximum Gasteiger partial charge on any atom is 0.249 e. The van der Waals surface area contributed by atoms with Gasteiger partial charge < -0.3 is 20.1 Å². The predicted molar refractivity (Wildman–Crippen MR) is 87.4 cm³/mol. The molecule has 1 aromatic heterocycles. The molecule has 0 aliphatic carbocycles. The minimum Gasteiger partial charge on any atom is -0.493 e. The number of hydrogen-bond acceptors (Lipinski definition) is 5. The van der Waals surface area contributed by atoms with Gasteiger partial charge in [0.05, 0.1) is 26.3 Å². The van der Waals surface area contributed by atoms with Crippen LogP contribution in [0.1, 0.15) is 18.2 Å². The fourth-order valence-electron chi connectivity index (χ4n) is 2.65. The van der Waals surface area contributed by atoms with Gasteiger partial charge in [0.1, 0.15) is 11.9 Å².